The molecule has 0 bridgehead atoms. The summed E-state index contributed by atoms with van der Waals surface area (Å²) in [5.41, 5.74) is 1.45. The number of para-hydroxylation sites is 1. The molecule has 5 heteroatoms. The van der Waals surface area contributed by atoms with Crippen LogP contribution in [0.3, 0.4) is 0 Å². The molecule has 0 aliphatic heterocycles. The van der Waals surface area contributed by atoms with Crippen molar-refractivity contribution in [2.75, 3.05) is 23.8 Å². The largest absolute Gasteiger partial charge is 0.494 e. The highest BCUT2D eigenvalue weighted by atomic mass is 35.5. The topological polar surface area (TPSA) is 50.4 Å². The highest BCUT2D eigenvalue weighted by molar-refractivity contribution is 6.33. The molecule has 0 unspecified atom stereocenters. The second-order valence-corrected chi connectivity index (χ2v) is 5.52. The lowest BCUT2D eigenvalue weighted by Gasteiger charge is -2.10. The molecule has 23 heavy (non-hydrogen) atoms. The molecule has 1 amide bonds. The molecular weight excluding hydrogens is 312 g/mol. The highest BCUT2D eigenvalue weighted by Gasteiger charge is 2.05. The first-order chi connectivity index (χ1) is 11.2. The second kappa shape index (κ2) is 9.06. The van der Waals surface area contributed by atoms with Gasteiger partial charge in [-0.3, -0.25) is 4.79 Å². The van der Waals surface area contributed by atoms with Gasteiger partial charge >= 0.3 is 0 Å². The molecule has 0 aromatic heterocycles. The van der Waals surface area contributed by atoms with Gasteiger partial charge in [-0.05, 0) is 30.7 Å². The number of anilines is 2. The fraction of sp³-hybridized carbons (Fsp3) is 0.278. The average Bonchev–Trinajstić information content (AvgIpc) is 2.56. The summed E-state index contributed by atoms with van der Waals surface area (Å²) in [7, 11) is 0. The van der Waals surface area contributed by atoms with E-state index in [0.29, 0.717) is 17.3 Å². The molecule has 2 aromatic carbocycles. The number of halogens is 1. The first-order valence-corrected chi connectivity index (χ1v) is 8.08. The summed E-state index contributed by atoms with van der Waals surface area (Å²) >= 11 is 6.02. The van der Waals surface area contributed by atoms with Gasteiger partial charge in [0.1, 0.15) is 5.75 Å². The van der Waals surface area contributed by atoms with E-state index in [0.717, 1.165) is 24.3 Å². The molecule has 0 aliphatic carbocycles. The van der Waals surface area contributed by atoms with Crippen LogP contribution in [0.1, 0.15) is 19.8 Å². The number of benzene rings is 2. The molecule has 0 spiro atoms. The van der Waals surface area contributed by atoms with Gasteiger partial charge in [-0.15, -0.1) is 0 Å². The van der Waals surface area contributed by atoms with E-state index in [4.69, 9.17) is 16.3 Å². The fourth-order valence-corrected chi connectivity index (χ4v) is 2.15. The minimum Gasteiger partial charge on any atom is -0.494 e. The molecule has 0 radical (unpaired) electrons. The number of nitrogens with one attached hydrogen (secondary N) is 2. The number of ether oxygens (including phenoxy) is 1. The standard InChI is InChI=1S/C18H21ClN2O2/c1-2-3-11-23-15-8-6-7-14(12-15)20-13-18(22)21-17-10-5-4-9-16(17)19/h4-10,12,20H,2-3,11,13H2,1H3,(H,21,22). The molecule has 2 aromatic rings. The van der Waals surface area contributed by atoms with E-state index in [1.807, 2.05) is 36.4 Å². The van der Waals surface area contributed by atoms with E-state index in [-0.39, 0.29) is 12.5 Å². The Kier molecular flexibility index (Phi) is 6.76. The number of carbonyl (C=O) groups is 1. The van der Waals surface area contributed by atoms with Gasteiger partial charge in [-0.2, -0.15) is 0 Å². The van der Waals surface area contributed by atoms with E-state index in [1.165, 1.54) is 0 Å². The Morgan fingerprint density at radius 2 is 2.00 bits per heavy atom. The lowest BCUT2D eigenvalue weighted by Crippen LogP contribution is -2.21. The van der Waals surface area contributed by atoms with Crippen LogP contribution in [-0.2, 0) is 4.79 Å². The number of hydrogen-bond donors (Lipinski definition) is 2. The van der Waals surface area contributed by atoms with Crippen LogP contribution < -0.4 is 15.4 Å². The third-order valence-corrected chi connectivity index (χ3v) is 3.53. The van der Waals surface area contributed by atoms with Crippen LogP contribution in [0.5, 0.6) is 5.75 Å². The van der Waals surface area contributed by atoms with E-state index in [1.54, 1.807) is 12.1 Å². The smallest absolute Gasteiger partial charge is 0.243 e. The van der Waals surface area contributed by atoms with E-state index >= 15 is 0 Å². The number of unbranched alkanes of at least 4 members (excludes halogenated alkanes) is 1. The minimum absolute atomic E-state index is 0.156. The normalized spacial score (nSPS) is 10.2. The van der Waals surface area contributed by atoms with Crippen molar-refractivity contribution in [3.63, 3.8) is 0 Å². The van der Waals surface area contributed by atoms with Crippen molar-refractivity contribution in [2.45, 2.75) is 19.8 Å². The third-order valence-electron chi connectivity index (χ3n) is 3.20. The van der Waals surface area contributed by atoms with Crippen LogP contribution in [0.15, 0.2) is 48.5 Å². The summed E-state index contributed by atoms with van der Waals surface area (Å²) in [6.07, 6.45) is 2.12. The number of amides is 1. The van der Waals surface area contributed by atoms with Crippen molar-refractivity contribution in [3.8, 4) is 5.75 Å². The summed E-state index contributed by atoms with van der Waals surface area (Å²) in [6.45, 7) is 2.98. The molecule has 122 valence electrons. The average molecular weight is 333 g/mol. The van der Waals surface area contributed by atoms with Gasteiger partial charge in [0, 0.05) is 11.8 Å². The molecule has 4 nitrogen and oxygen atoms in total. The lowest BCUT2D eigenvalue weighted by atomic mass is 10.3. The van der Waals surface area contributed by atoms with Crippen LogP contribution in [0.4, 0.5) is 11.4 Å². The van der Waals surface area contributed by atoms with Gasteiger partial charge in [0.05, 0.1) is 23.9 Å². The van der Waals surface area contributed by atoms with Crippen molar-refractivity contribution in [3.05, 3.63) is 53.6 Å². The Balaban J connectivity index is 1.84. The van der Waals surface area contributed by atoms with Crippen molar-refractivity contribution in [1.82, 2.24) is 0 Å². The van der Waals surface area contributed by atoms with Gasteiger partial charge in [0.15, 0.2) is 0 Å². The first kappa shape index (κ1) is 17.2. The van der Waals surface area contributed by atoms with Crippen LogP contribution in [0, 0.1) is 0 Å². The zero-order valence-corrected chi connectivity index (χ0v) is 13.9. The minimum atomic E-state index is -0.157. The molecule has 0 saturated carbocycles. The SMILES string of the molecule is CCCCOc1cccc(NCC(=O)Nc2ccccc2Cl)c1. The summed E-state index contributed by atoms with van der Waals surface area (Å²) < 4.78 is 5.65. The maximum absolute atomic E-state index is 12.0. The number of rotatable bonds is 8. The molecule has 0 aliphatic rings. The molecule has 0 atom stereocenters. The zero-order chi connectivity index (χ0) is 16.5. The molecule has 2 N–H and O–H groups in total. The Labute approximate surface area is 141 Å². The summed E-state index contributed by atoms with van der Waals surface area (Å²) in [5.74, 6) is 0.644. The molecule has 0 saturated heterocycles. The molecule has 0 heterocycles. The number of carbonyl (C=O) groups excluding carboxylic acids is 1. The second-order valence-electron chi connectivity index (χ2n) is 5.11. The molecular formula is C18H21ClN2O2. The van der Waals surface area contributed by atoms with Gasteiger partial charge in [-0.25, -0.2) is 0 Å². The molecule has 2 rings (SSSR count). The van der Waals surface area contributed by atoms with Crippen molar-refractivity contribution >= 4 is 28.9 Å². The quantitative estimate of drug-likeness (QED) is 0.696. The van der Waals surface area contributed by atoms with Gasteiger partial charge in [0.2, 0.25) is 5.91 Å². The Morgan fingerprint density at radius 3 is 2.78 bits per heavy atom. The summed E-state index contributed by atoms with van der Waals surface area (Å²) in [4.78, 5) is 12.0. The van der Waals surface area contributed by atoms with Crippen LogP contribution in [-0.4, -0.2) is 19.1 Å². The van der Waals surface area contributed by atoms with Crippen LogP contribution in [0.2, 0.25) is 5.02 Å². The van der Waals surface area contributed by atoms with Crippen molar-refractivity contribution in [2.24, 2.45) is 0 Å². The Hall–Kier alpha value is -2.20. The zero-order valence-electron chi connectivity index (χ0n) is 13.1. The van der Waals surface area contributed by atoms with Gasteiger partial charge in [0.25, 0.3) is 0 Å². The molecule has 0 fully saturated rings. The maximum Gasteiger partial charge on any atom is 0.243 e. The van der Waals surface area contributed by atoms with Crippen LogP contribution in [0.25, 0.3) is 0 Å². The fourth-order valence-electron chi connectivity index (χ4n) is 1.97. The van der Waals surface area contributed by atoms with E-state index in [2.05, 4.69) is 17.6 Å². The summed E-state index contributed by atoms with van der Waals surface area (Å²) in [5, 5.41) is 6.37. The van der Waals surface area contributed by atoms with Gasteiger partial charge in [-0.1, -0.05) is 43.1 Å². The predicted molar refractivity (Wildman–Crippen MR) is 95.4 cm³/mol. The Morgan fingerprint density at radius 1 is 1.17 bits per heavy atom. The maximum atomic E-state index is 12.0. The predicted octanol–water partition coefficient (Wildman–Crippen LogP) is 4.57. The summed E-state index contributed by atoms with van der Waals surface area (Å²) in [6, 6.07) is 14.7. The Bertz CT molecular complexity index is 646. The van der Waals surface area contributed by atoms with Crippen molar-refractivity contribution in [1.29, 1.82) is 0 Å². The van der Waals surface area contributed by atoms with Crippen molar-refractivity contribution < 1.29 is 9.53 Å². The van der Waals surface area contributed by atoms with E-state index < -0.39 is 0 Å². The monoisotopic (exact) mass is 332 g/mol. The van der Waals surface area contributed by atoms with E-state index in [9.17, 15) is 4.79 Å². The van der Waals surface area contributed by atoms with Crippen LogP contribution >= 0.6 is 11.6 Å². The number of hydrogen-bond acceptors (Lipinski definition) is 3. The highest BCUT2D eigenvalue weighted by Crippen LogP contribution is 2.20. The van der Waals surface area contributed by atoms with Gasteiger partial charge < -0.3 is 15.4 Å². The lowest BCUT2D eigenvalue weighted by molar-refractivity contribution is -0.114. The third kappa shape index (κ3) is 5.83. The first-order valence-electron chi connectivity index (χ1n) is 7.70.